The van der Waals surface area contributed by atoms with E-state index in [1.165, 1.54) is 13.0 Å². The van der Waals surface area contributed by atoms with Crippen molar-refractivity contribution in [2.75, 3.05) is 13.1 Å². The van der Waals surface area contributed by atoms with Crippen LogP contribution in [0.15, 0.2) is 0 Å². The second-order valence-electron chi connectivity index (χ2n) is 5.98. The van der Waals surface area contributed by atoms with Gasteiger partial charge in [0, 0.05) is 12.6 Å². The molecule has 1 heterocycles. The van der Waals surface area contributed by atoms with Crippen molar-refractivity contribution in [3.63, 3.8) is 0 Å². The quantitative estimate of drug-likeness (QED) is 0.785. The molecule has 16 heavy (non-hydrogen) atoms. The molecule has 3 nitrogen and oxygen atoms in total. The van der Waals surface area contributed by atoms with E-state index < -0.39 is 11.4 Å². The van der Waals surface area contributed by atoms with Gasteiger partial charge in [-0.1, -0.05) is 6.92 Å². The first-order valence-corrected chi connectivity index (χ1v) is 6.30. The van der Waals surface area contributed by atoms with Gasteiger partial charge in [0.1, 0.15) is 0 Å². The van der Waals surface area contributed by atoms with Crippen LogP contribution in [0.3, 0.4) is 0 Å². The van der Waals surface area contributed by atoms with Gasteiger partial charge in [-0.15, -0.1) is 0 Å². The minimum atomic E-state index is -0.685. The van der Waals surface area contributed by atoms with Gasteiger partial charge in [0.15, 0.2) is 0 Å². The molecule has 1 saturated heterocycles. The summed E-state index contributed by atoms with van der Waals surface area (Å²) in [6, 6.07) is 0.669. The van der Waals surface area contributed by atoms with Gasteiger partial charge in [-0.25, -0.2) is 0 Å². The molecule has 0 aliphatic carbocycles. The maximum atomic E-state index is 11.0. The third kappa shape index (κ3) is 3.48. The average molecular weight is 227 g/mol. The molecule has 2 unspecified atom stereocenters. The standard InChI is InChI=1S/C13H25NO2/c1-10-8-11(2)14(9-10)7-5-6-13(3,4)12(15)16/h10-11H,5-9H2,1-4H3,(H,15,16). The molecule has 0 radical (unpaired) electrons. The van der Waals surface area contributed by atoms with Gasteiger partial charge in [-0.05, 0) is 52.5 Å². The number of nitrogens with zero attached hydrogens (tertiary/aromatic N) is 1. The van der Waals surface area contributed by atoms with E-state index in [9.17, 15) is 4.79 Å². The van der Waals surface area contributed by atoms with E-state index in [1.54, 1.807) is 0 Å². The molecule has 1 aliphatic rings. The van der Waals surface area contributed by atoms with Crippen molar-refractivity contribution in [2.24, 2.45) is 11.3 Å². The maximum Gasteiger partial charge on any atom is 0.309 e. The molecule has 0 amide bonds. The van der Waals surface area contributed by atoms with Crippen LogP contribution >= 0.6 is 0 Å². The van der Waals surface area contributed by atoms with Crippen LogP contribution in [-0.4, -0.2) is 35.1 Å². The number of rotatable bonds is 5. The number of aliphatic carboxylic acids is 1. The third-order valence-corrected chi connectivity index (χ3v) is 3.74. The highest BCUT2D eigenvalue weighted by Crippen LogP contribution is 2.26. The second-order valence-corrected chi connectivity index (χ2v) is 5.98. The van der Waals surface area contributed by atoms with Crippen LogP contribution in [0.5, 0.6) is 0 Å². The van der Waals surface area contributed by atoms with Crippen molar-refractivity contribution in [3.8, 4) is 0 Å². The molecular formula is C13H25NO2. The third-order valence-electron chi connectivity index (χ3n) is 3.74. The SMILES string of the molecule is CC1CC(C)N(CCCC(C)(C)C(=O)O)C1. The molecule has 1 rings (SSSR count). The summed E-state index contributed by atoms with van der Waals surface area (Å²) in [5, 5.41) is 9.01. The highest BCUT2D eigenvalue weighted by atomic mass is 16.4. The first-order chi connectivity index (χ1) is 7.33. The molecular weight excluding hydrogens is 202 g/mol. The monoisotopic (exact) mass is 227 g/mol. The van der Waals surface area contributed by atoms with Crippen molar-refractivity contribution in [2.45, 2.75) is 53.0 Å². The van der Waals surface area contributed by atoms with E-state index >= 15 is 0 Å². The fourth-order valence-corrected chi connectivity index (χ4v) is 2.53. The zero-order valence-corrected chi connectivity index (χ0v) is 11.0. The summed E-state index contributed by atoms with van der Waals surface area (Å²) in [5.74, 6) is 0.109. The lowest BCUT2D eigenvalue weighted by Crippen LogP contribution is -2.30. The van der Waals surface area contributed by atoms with E-state index in [4.69, 9.17) is 5.11 Å². The zero-order valence-electron chi connectivity index (χ0n) is 11.0. The summed E-state index contributed by atoms with van der Waals surface area (Å²) >= 11 is 0. The fourth-order valence-electron chi connectivity index (χ4n) is 2.53. The summed E-state index contributed by atoms with van der Waals surface area (Å²) < 4.78 is 0. The Morgan fingerprint density at radius 3 is 2.50 bits per heavy atom. The van der Waals surface area contributed by atoms with Crippen LogP contribution in [0.2, 0.25) is 0 Å². The van der Waals surface area contributed by atoms with Gasteiger partial charge in [0.05, 0.1) is 5.41 Å². The number of likely N-dealkylation sites (tertiary alicyclic amines) is 1. The molecule has 1 fully saturated rings. The fraction of sp³-hybridized carbons (Fsp3) is 0.923. The van der Waals surface area contributed by atoms with Crippen LogP contribution in [0.1, 0.15) is 47.0 Å². The second kappa shape index (κ2) is 5.17. The van der Waals surface area contributed by atoms with Crippen molar-refractivity contribution < 1.29 is 9.90 Å². The molecule has 0 saturated carbocycles. The van der Waals surface area contributed by atoms with Crippen molar-refractivity contribution in [1.29, 1.82) is 0 Å². The van der Waals surface area contributed by atoms with Crippen LogP contribution in [-0.2, 0) is 4.79 Å². The van der Waals surface area contributed by atoms with Gasteiger partial charge in [-0.2, -0.15) is 0 Å². The first-order valence-electron chi connectivity index (χ1n) is 6.30. The summed E-state index contributed by atoms with van der Waals surface area (Å²) in [5.41, 5.74) is -0.575. The van der Waals surface area contributed by atoms with Crippen LogP contribution in [0.4, 0.5) is 0 Å². The number of carboxylic acids is 1. The smallest absolute Gasteiger partial charge is 0.309 e. The Kier molecular flexibility index (Phi) is 4.36. The number of hydrogen-bond donors (Lipinski definition) is 1. The predicted molar refractivity (Wildman–Crippen MR) is 65.5 cm³/mol. The molecule has 2 atom stereocenters. The molecule has 1 aliphatic heterocycles. The van der Waals surface area contributed by atoms with Gasteiger partial charge in [-0.3, -0.25) is 4.79 Å². The van der Waals surface area contributed by atoms with Crippen LogP contribution in [0, 0.1) is 11.3 Å². The Morgan fingerprint density at radius 1 is 1.44 bits per heavy atom. The predicted octanol–water partition coefficient (Wildman–Crippen LogP) is 2.61. The van der Waals surface area contributed by atoms with E-state index in [0.29, 0.717) is 6.04 Å². The van der Waals surface area contributed by atoms with E-state index in [0.717, 1.165) is 25.3 Å². The summed E-state index contributed by atoms with van der Waals surface area (Å²) in [6.45, 7) is 10.4. The Hall–Kier alpha value is -0.570. The lowest BCUT2D eigenvalue weighted by atomic mass is 9.88. The van der Waals surface area contributed by atoms with Crippen LogP contribution < -0.4 is 0 Å². The summed E-state index contributed by atoms with van der Waals surface area (Å²) in [7, 11) is 0. The first kappa shape index (κ1) is 13.5. The molecule has 0 aromatic rings. The average Bonchev–Trinajstić information content (AvgIpc) is 2.44. The zero-order chi connectivity index (χ0) is 12.3. The van der Waals surface area contributed by atoms with Crippen LogP contribution in [0.25, 0.3) is 0 Å². The summed E-state index contributed by atoms with van der Waals surface area (Å²) in [6.07, 6.45) is 3.03. The van der Waals surface area contributed by atoms with Crippen molar-refractivity contribution in [3.05, 3.63) is 0 Å². The molecule has 0 bridgehead atoms. The molecule has 1 N–H and O–H groups in total. The molecule has 0 aromatic carbocycles. The van der Waals surface area contributed by atoms with Crippen molar-refractivity contribution >= 4 is 5.97 Å². The van der Waals surface area contributed by atoms with E-state index in [1.807, 2.05) is 13.8 Å². The van der Waals surface area contributed by atoms with Crippen molar-refractivity contribution in [1.82, 2.24) is 4.90 Å². The number of carbonyl (C=O) groups is 1. The Bertz CT molecular complexity index is 250. The minimum Gasteiger partial charge on any atom is -0.481 e. The molecule has 0 spiro atoms. The molecule has 0 aromatic heterocycles. The summed E-state index contributed by atoms with van der Waals surface area (Å²) in [4.78, 5) is 13.4. The van der Waals surface area contributed by atoms with E-state index in [-0.39, 0.29) is 0 Å². The molecule has 94 valence electrons. The molecule has 3 heteroatoms. The maximum absolute atomic E-state index is 11.0. The lowest BCUT2D eigenvalue weighted by molar-refractivity contribution is -0.147. The van der Waals surface area contributed by atoms with Gasteiger partial charge >= 0.3 is 5.97 Å². The highest BCUT2D eigenvalue weighted by molar-refractivity contribution is 5.73. The largest absolute Gasteiger partial charge is 0.481 e. The van der Waals surface area contributed by atoms with Gasteiger partial charge in [0.2, 0.25) is 0 Å². The Labute approximate surface area is 98.8 Å². The number of hydrogen-bond acceptors (Lipinski definition) is 2. The highest BCUT2D eigenvalue weighted by Gasteiger charge is 2.29. The van der Waals surface area contributed by atoms with E-state index in [2.05, 4.69) is 18.7 Å². The Morgan fingerprint density at radius 2 is 2.06 bits per heavy atom. The number of carboxylic acid groups (broad SMARTS) is 1. The van der Waals surface area contributed by atoms with Gasteiger partial charge in [0.25, 0.3) is 0 Å². The van der Waals surface area contributed by atoms with Gasteiger partial charge < -0.3 is 10.0 Å². The Balaban J connectivity index is 2.28. The topological polar surface area (TPSA) is 40.5 Å². The normalized spacial score (nSPS) is 27.2. The minimum absolute atomic E-state index is 0.575. The lowest BCUT2D eigenvalue weighted by Gasteiger charge is -2.24.